The molecule has 0 N–H and O–H groups in total. The maximum atomic E-state index is 12.3. The number of imidazole rings is 1. The van der Waals surface area contributed by atoms with E-state index in [1.54, 1.807) is 19.2 Å². The van der Waals surface area contributed by atoms with Crippen LogP contribution in [0.25, 0.3) is 26.6 Å². The van der Waals surface area contributed by atoms with Gasteiger partial charge in [0.25, 0.3) is 10.1 Å². The van der Waals surface area contributed by atoms with Gasteiger partial charge in [0, 0.05) is 17.8 Å². The van der Waals surface area contributed by atoms with Gasteiger partial charge in [0.05, 0.1) is 23.2 Å². The molecule has 0 aliphatic rings. The Balaban J connectivity index is 1.26. The average Bonchev–Trinajstić information content (AvgIpc) is 3.40. The minimum Gasteiger partial charge on any atom is -0.491 e. The quantitative estimate of drug-likeness (QED) is 0.227. The van der Waals surface area contributed by atoms with Crippen LogP contribution in [0.2, 0.25) is 0 Å². The SMILES string of the molecule is COc1ccc2c(n1)sc1nc(-c3cccc(OCCOS(=O)(=O)c4ccc(C)cc4)c3)cn12. The van der Waals surface area contributed by atoms with Crippen molar-refractivity contribution in [1.82, 2.24) is 14.4 Å². The molecule has 0 amide bonds. The van der Waals surface area contributed by atoms with E-state index in [0.717, 1.165) is 32.1 Å². The zero-order valence-electron chi connectivity index (χ0n) is 18.5. The monoisotopic (exact) mass is 495 g/mol. The van der Waals surface area contributed by atoms with E-state index in [2.05, 4.69) is 4.98 Å². The first-order valence-corrected chi connectivity index (χ1v) is 12.7. The first kappa shape index (κ1) is 22.3. The number of hydrogen-bond donors (Lipinski definition) is 0. The molecule has 0 aliphatic carbocycles. The number of ether oxygens (including phenoxy) is 2. The van der Waals surface area contributed by atoms with Crippen LogP contribution < -0.4 is 9.47 Å². The molecule has 0 fully saturated rings. The van der Waals surface area contributed by atoms with Crippen LogP contribution in [0.5, 0.6) is 11.6 Å². The van der Waals surface area contributed by atoms with Gasteiger partial charge in [0.2, 0.25) is 5.88 Å². The van der Waals surface area contributed by atoms with E-state index in [1.165, 1.54) is 23.5 Å². The van der Waals surface area contributed by atoms with E-state index in [1.807, 2.05) is 53.9 Å². The summed E-state index contributed by atoms with van der Waals surface area (Å²) in [4.78, 5) is 11.0. The molecule has 0 saturated heterocycles. The standard InChI is InChI=1S/C24H21N3O5S2/c1-16-6-8-19(9-7-16)34(28,29)32-13-12-31-18-5-3-4-17(14-18)20-15-27-21-10-11-22(30-2)26-23(21)33-24(27)25-20/h3-11,14-15H,12-13H2,1-2H3. The molecule has 10 heteroatoms. The zero-order chi connectivity index (χ0) is 23.7. The number of nitrogens with zero attached hydrogens (tertiary/aromatic N) is 3. The lowest BCUT2D eigenvalue weighted by Gasteiger charge is -2.09. The molecular weight excluding hydrogens is 474 g/mol. The predicted octanol–water partition coefficient (Wildman–Crippen LogP) is 4.71. The second-order valence-electron chi connectivity index (χ2n) is 7.52. The predicted molar refractivity (Wildman–Crippen MR) is 130 cm³/mol. The Morgan fingerprint density at radius 2 is 1.82 bits per heavy atom. The Labute approximate surface area is 200 Å². The van der Waals surface area contributed by atoms with Crippen LogP contribution >= 0.6 is 11.3 Å². The number of benzene rings is 2. The lowest BCUT2D eigenvalue weighted by atomic mass is 10.1. The smallest absolute Gasteiger partial charge is 0.297 e. The van der Waals surface area contributed by atoms with Crippen LogP contribution in [0.3, 0.4) is 0 Å². The average molecular weight is 496 g/mol. The number of aryl methyl sites for hydroxylation is 1. The van der Waals surface area contributed by atoms with Crippen LogP contribution in [-0.2, 0) is 14.3 Å². The number of hydrogen-bond acceptors (Lipinski definition) is 8. The van der Waals surface area contributed by atoms with Gasteiger partial charge >= 0.3 is 0 Å². The number of fused-ring (bicyclic) bond motifs is 3. The normalized spacial score (nSPS) is 11.8. The minimum absolute atomic E-state index is 0.0883. The molecule has 0 bridgehead atoms. The molecule has 0 atom stereocenters. The molecule has 34 heavy (non-hydrogen) atoms. The molecule has 0 saturated carbocycles. The third-order valence-corrected chi connectivity index (χ3v) is 7.47. The van der Waals surface area contributed by atoms with Crippen molar-refractivity contribution >= 4 is 36.8 Å². The number of thiazole rings is 1. The molecule has 5 aromatic rings. The Hall–Kier alpha value is -3.47. The van der Waals surface area contributed by atoms with Crippen molar-refractivity contribution < 1.29 is 22.1 Å². The highest BCUT2D eigenvalue weighted by molar-refractivity contribution is 7.86. The fourth-order valence-corrected chi connectivity index (χ4v) is 5.31. The van der Waals surface area contributed by atoms with Crippen LogP contribution in [0.4, 0.5) is 0 Å². The second kappa shape index (κ2) is 9.05. The van der Waals surface area contributed by atoms with E-state index in [4.69, 9.17) is 18.6 Å². The summed E-state index contributed by atoms with van der Waals surface area (Å²) in [6.45, 7) is 1.89. The van der Waals surface area contributed by atoms with Crippen molar-refractivity contribution in [2.45, 2.75) is 11.8 Å². The van der Waals surface area contributed by atoms with Crippen LogP contribution in [0, 0.1) is 6.92 Å². The summed E-state index contributed by atoms with van der Waals surface area (Å²) in [7, 11) is -2.23. The molecule has 2 aromatic carbocycles. The van der Waals surface area contributed by atoms with Crippen LogP contribution in [0.1, 0.15) is 5.56 Å². The Morgan fingerprint density at radius 1 is 1.00 bits per heavy atom. The third-order valence-electron chi connectivity index (χ3n) is 5.17. The maximum absolute atomic E-state index is 12.3. The Bertz CT molecular complexity index is 1570. The van der Waals surface area contributed by atoms with Crippen molar-refractivity contribution in [3.63, 3.8) is 0 Å². The van der Waals surface area contributed by atoms with E-state index in [-0.39, 0.29) is 18.1 Å². The van der Waals surface area contributed by atoms with Crippen molar-refractivity contribution in [3.05, 3.63) is 72.4 Å². The van der Waals surface area contributed by atoms with Crippen molar-refractivity contribution in [1.29, 1.82) is 0 Å². The van der Waals surface area contributed by atoms with Gasteiger partial charge in [-0.15, -0.1) is 0 Å². The van der Waals surface area contributed by atoms with Gasteiger partial charge in [0.15, 0.2) is 4.96 Å². The van der Waals surface area contributed by atoms with Crippen LogP contribution in [-0.4, -0.2) is 43.1 Å². The van der Waals surface area contributed by atoms with Crippen molar-refractivity contribution in [2.75, 3.05) is 20.3 Å². The molecule has 3 heterocycles. The van der Waals surface area contributed by atoms with Gasteiger partial charge in [-0.05, 0) is 37.3 Å². The molecule has 0 unspecified atom stereocenters. The first-order valence-electron chi connectivity index (χ1n) is 10.4. The minimum atomic E-state index is -3.82. The van der Waals surface area contributed by atoms with Gasteiger partial charge in [-0.3, -0.25) is 8.58 Å². The summed E-state index contributed by atoms with van der Waals surface area (Å²) >= 11 is 1.48. The molecular formula is C24H21N3O5S2. The van der Waals surface area contributed by atoms with Crippen molar-refractivity contribution in [3.8, 4) is 22.9 Å². The van der Waals surface area contributed by atoms with E-state index in [0.29, 0.717) is 11.6 Å². The highest BCUT2D eigenvalue weighted by Crippen LogP contribution is 2.30. The van der Waals surface area contributed by atoms with Gasteiger partial charge in [-0.1, -0.05) is 41.2 Å². The first-order chi connectivity index (χ1) is 16.4. The van der Waals surface area contributed by atoms with E-state index >= 15 is 0 Å². The molecule has 3 aromatic heterocycles. The number of pyridine rings is 1. The third kappa shape index (κ3) is 4.47. The Morgan fingerprint density at radius 3 is 2.62 bits per heavy atom. The number of aromatic nitrogens is 3. The number of rotatable bonds is 8. The summed E-state index contributed by atoms with van der Waals surface area (Å²) < 4.78 is 42.6. The fraction of sp³-hybridized carbons (Fsp3) is 0.167. The summed E-state index contributed by atoms with van der Waals surface area (Å²) in [5, 5.41) is 0. The largest absolute Gasteiger partial charge is 0.491 e. The van der Waals surface area contributed by atoms with Gasteiger partial charge in [-0.2, -0.15) is 8.42 Å². The second-order valence-corrected chi connectivity index (χ2v) is 10.1. The maximum Gasteiger partial charge on any atom is 0.297 e. The topological polar surface area (TPSA) is 92.0 Å². The number of methoxy groups -OCH3 is 1. The summed E-state index contributed by atoms with van der Waals surface area (Å²) in [5.74, 6) is 1.17. The zero-order valence-corrected chi connectivity index (χ0v) is 20.1. The lowest BCUT2D eigenvalue weighted by molar-refractivity contribution is 0.221. The van der Waals surface area contributed by atoms with Crippen LogP contribution in [0.15, 0.2) is 71.8 Å². The van der Waals surface area contributed by atoms with Gasteiger partial charge in [-0.25, -0.2) is 9.97 Å². The van der Waals surface area contributed by atoms with Gasteiger partial charge in [0.1, 0.15) is 23.8 Å². The summed E-state index contributed by atoms with van der Waals surface area (Å²) in [6, 6.07) is 17.8. The lowest BCUT2D eigenvalue weighted by Crippen LogP contribution is -2.13. The molecule has 0 radical (unpaired) electrons. The van der Waals surface area contributed by atoms with Crippen molar-refractivity contribution in [2.24, 2.45) is 0 Å². The van der Waals surface area contributed by atoms with E-state index < -0.39 is 10.1 Å². The fourth-order valence-electron chi connectivity index (χ4n) is 3.44. The summed E-state index contributed by atoms with van der Waals surface area (Å²) in [6.07, 6.45) is 1.96. The highest BCUT2D eigenvalue weighted by atomic mass is 32.2. The highest BCUT2D eigenvalue weighted by Gasteiger charge is 2.15. The Kier molecular flexibility index (Phi) is 5.94. The molecule has 0 spiro atoms. The molecule has 174 valence electrons. The molecule has 8 nitrogen and oxygen atoms in total. The molecule has 0 aliphatic heterocycles. The summed E-state index contributed by atoms with van der Waals surface area (Å²) in [5.41, 5.74) is 3.62. The van der Waals surface area contributed by atoms with Gasteiger partial charge < -0.3 is 9.47 Å². The molecule has 5 rings (SSSR count). The van der Waals surface area contributed by atoms with E-state index in [9.17, 15) is 8.42 Å².